The molecule has 11 heteroatoms. The van der Waals surface area contributed by atoms with Crippen molar-refractivity contribution in [3.05, 3.63) is 63.2 Å². The standard InChI is InChI=1S/C17H11ClN6O4/c18-10-6-5-9(7-13(10)24(26)27)14(25)8-23-12-4-2-1-3-11(12)20-17(23)15-16(19)22-28-21-15/h1-7H,8H2,(H2,19,22). The smallest absolute Gasteiger partial charge is 0.288 e. The zero-order chi connectivity index (χ0) is 19.8. The number of aromatic nitrogens is 4. The van der Waals surface area contributed by atoms with E-state index in [4.69, 9.17) is 17.3 Å². The minimum absolute atomic E-state index is 0.0335. The molecule has 4 rings (SSSR count). The number of halogens is 1. The monoisotopic (exact) mass is 398 g/mol. The van der Waals surface area contributed by atoms with E-state index in [9.17, 15) is 14.9 Å². The number of nitro groups is 1. The zero-order valence-corrected chi connectivity index (χ0v) is 14.8. The molecule has 28 heavy (non-hydrogen) atoms. The molecule has 2 heterocycles. The lowest BCUT2D eigenvalue weighted by atomic mass is 10.1. The number of hydrogen-bond acceptors (Lipinski definition) is 8. The number of ketones is 1. The van der Waals surface area contributed by atoms with Crippen LogP contribution >= 0.6 is 11.6 Å². The van der Waals surface area contributed by atoms with Crippen molar-refractivity contribution in [3.8, 4) is 11.5 Å². The van der Waals surface area contributed by atoms with E-state index >= 15 is 0 Å². The van der Waals surface area contributed by atoms with Crippen LogP contribution in [0.2, 0.25) is 5.02 Å². The molecular weight excluding hydrogens is 388 g/mol. The third-order valence-corrected chi connectivity index (χ3v) is 4.47. The molecule has 2 N–H and O–H groups in total. The highest BCUT2D eigenvalue weighted by Crippen LogP contribution is 2.28. The van der Waals surface area contributed by atoms with Gasteiger partial charge in [0.15, 0.2) is 23.1 Å². The van der Waals surface area contributed by atoms with Gasteiger partial charge in [-0.2, -0.15) is 0 Å². The maximum Gasteiger partial charge on any atom is 0.288 e. The van der Waals surface area contributed by atoms with Gasteiger partial charge in [-0.25, -0.2) is 9.61 Å². The summed E-state index contributed by atoms with van der Waals surface area (Å²) in [5.41, 5.74) is 7.07. The largest absolute Gasteiger partial charge is 0.379 e. The maximum atomic E-state index is 12.8. The summed E-state index contributed by atoms with van der Waals surface area (Å²) in [5, 5.41) is 18.4. The second kappa shape index (κ2) is 6.74. The molecule has 0 saturated heterocycles. The zero-order valence-electron chi connectivity index (χ0n) is 14.1. The second-order valence-corrected chi connectivity index (χ2v) is 6.26. The Balaban J connectivity index is 1.80. The average Bonchev–Trinajstić information content (AvgIpc) is 3.25. The average molecular weight is 399 g/mol. The Kier molecular flexibility index (Phi) is 4.24. The quantitative estimate of drug-likeness (QED) is 0.307. The van der Waals surface area contributed by atoms with Crippen LogP contribution in [0.15, 0.2) is 47.1 Å². The first-order valence-corrected chi connectivity index (χ1v) is 8.34. The van der Waals surface area contributed by atoms with Gasteiger partial charge < -0.3 is 10.3 Å². The second-order valence-electron chi connectivity index (χ2n) is 5.85. The van der Waals surface area contributed by atoms with Gasteiger partial charge in [-0.3, -0.25) is 14.9 Å². The molecule has 140 valence electrons. The molecule has 4 aromatic rings. The van der Waals surface area contributed by atoms with Crippen molar-refractivity contribution < 1.29 is 14.3 Å². The van der Waals surface area contributed by atoms with Gasteiger partial charge in [0, 0.05) is 11.6 Å². The number of nitrogen functional groups attached to an aromatic ring is 1. The fraction of sp³-hybridized carbons (Fsp3) is 0.0588. The number of carbonyl (C=O) groups is 1. The highest BCUT2D eigenvalue weighted by molar-refractivity contribution is 6.32. The predicted octanol–water partition coefficient (Wildman–Crippen LogP) is 3.11. The number of rotatable bonds is 5. The minimum atomic E-state index is -0.640. The number of fused-ring (bicyclic) bond motifs is 1. The number of carbonyl (C=O) groups excluding carboxylic acids is 1. The Bertz CT molecular complexity index is 1230. The third kappa shape index (κ3) is 2.95. The summed E-state index contributed by atoms with van der Waals surface area (Å²) < 4.78 is 6.25. The Hall–Kier alpha value is -3.79. The molecule has 0 aliphatic heterocycles. The summed E-state index contributed by atoms with van der Waals surface area (Å²) in [6.07, 6.45) is 0. The van der Waals surface area contributed by atoms with Gasteiger partial charge in [0.05, 0.1) is 22.5 Å². The van der Waals surface area contributed by atoms with Gasteiger partial charge in [-0.05, 0) is 34.6 Å². The topological polar surface area (TPSA) is 143 Å². The maximum absolute atomic E-state index is 12.8. The summed E-state index contributed by atoms with van der Waals surface area (Å²) in [5.74, 6) is -0.0397. The van der Waals surface area contributed by atoms with Crippen LogP contribution in [-0.4, -0.2) is 30.6 Å². The highest BCUT2D eigenvalue weighted by atomic mass is 35.5. The van der Waals surface area contributed by atoms with Crippen molar-refractivity contribution >= 4 is 39.9 Å². The van der Waals surface area contributed by atoms with Crippen LogP contribution in [0, 0.1) is 10.1 Å². The number of imidazole rings is 1. The molecule has 10 nitrogen and oxygen atoms in total. The number of nitrogens with two attached hydrogens (primary N) is 1. The first-order chi connectivity index (χ1) is 13.5. The normalized spacial score (nSPS) is 11.0. The molecule has 2 aromatic carbocycles. The minimum Gasteiger partial charge on any atom is -0.379 e. The Morgan fingerprint density at radius 3 is 2.75 bits per heavy atom. The molecule has 0 spiro atoms. The number of nitro benzene ring substituents is 1. The number of Topliss-reactive ketones (excluding diaryl/α,β-unsaturated/α-hetero) is 1. The lowest BCUT2D eigenvalue weighted by molar-refractivity contribution is -0.384. The fourth-order valence-corrected chi connectivity index (χ4v) is 3.01. The molecule has 0 radical (unpaired) electrons. The fourth-order valence-electron chi connectivity index (χ4n) is 2.83. The Labute approximate surface area is 161 Å². The van der Waals surface area contributed by atoms with Crippen molar-refractivity contribution in [1.29, 1.82) is 0 Å². The molecule has 0 amide bonds. The van der Waals surface area contributed by atoms with Crippen molar-refractivity contribution in [3.63, 3.8) is 0 Å². The molecule has 0 saturated carbocycles. The van der Waals surface area contributed by atoms with E-state index in [1.165, 1.54) is 12.1 Å². The SMILES string of the molecule is Nc1nonc1-c1nc2ccccc2n1CC(=O)c1ccc(Cl)c([N+](=O)[O-])c1. The summed E-state index contributed by atoms with van der Waals surface area (Å²) in [6, 6.07) is 11.1. The van der Waals surface area contributed by atoms with Gasteiger partial charge in [-0.15, -0.1) is 0 Å². The van der Waals surface area contributed by atoms with E-state index in [-0.39, 0.29) is 40.1 Å². The molecule has 0 atom stereocenters. The predicted molar refractivity (Wildman–Crippen MR) is 99.9 cm³/mol. The summed E-state index contributed by atoms with van der Waals surface area (Å²) in [7, 11) is 0. The van der Waals surface area contributed by atoms with Crippen molar-refractivity contribution in [1.82, 2.24) is 19.9 Å². The third-order valence-electron chi connectivity index (χ3n) is 4.15. The first kappa shape index (κ1) is 17.6. The number of nitrogens with zero attached hydrogens (tertiary/aromatic N) is 5. The van der Waals surface area contributed by atoms with Crippen LogP contribution < -0.4 is 5.73 Å². The van der Waals surface area contributed by atoms with E-state index in [1.807, 2.05) is 0 Å². The van der Waals surface area contributed by atoms with Crippen molar-refractivity contribution in [2.45, 2.75) is 6.54 Å². The summed E-state index contributed by atoms with van der Waals surface area (Å²) in [6.45, 7) is -0.152. The van der Waals surface area contributed by atoms with Gasteiger partial charge >= 0.3 is 0 Å². The molecule has 2 aromatic heterocycles. The highest BCUT2D eigenvalue weighted by Gasteiger charge is 2.22. The van der Waals surface area contributed by atoms with Gasteiger partial charge in [-0.1, -0.05) is 23.7 Å². The number of benzene rings is 2. The lowest BCUT2D eigenvalue weighted by Gasteiger charge is -2.08. The Morgan fingerprint density at radius 2 is 2.04 bits per heavy atom. The van der Waals surface area contributed by atoms with Crippen LogP contribution in [0.25, 0.3) is 22.6 Å². The number of anilines is 1. The van der Waals surface area contributed by atoms with Gasteiger partial charge in [0.2, 0.25) is 0 Å². The molecule has 0 aliphatic rings. The molecule has 0 aliphatic carbocycles. The van der Waals surface area contributed by atoms with E-state index in [0.29, 0.717) is 16.9 Å². The number of para-hydroxylation sites is 2. The molecule has 0 unspecified atom stereocenters. The molecular formula is C17H11ClN6O4. The Morgan fingerprint density at radius 1 is 1.25 bits per heavy atom. The summed E-state index contributed by atoms with van der Waals surface area (Å²) >= 11 is 5.82. The lowest BCUT2D eigenvalue weighted by Crippen LogP contribution is -2.12. The van der Waals surface area contributed by atoms with E-state index in [0.717, 1.165) is 6.07 Å². The van der Waals surface area contributed by atoms with Crippen LogP contribution in [0.5, 0.6) is 0 Å². The van der Waals surface area contributed by atoms with Crippen molar-refractivity contribution in [2.75, 3.05) is 5.73 Å². The van der Waals surface area contributed by atoms with E-state index in [1.54, 1.807) is 28.8 Å². The molecule has 0 fully saturated rings. The van der Waals surface area contributed by atoms with E-state index < -0.39 is 4.92 Å². The first-order valence-electron chi connectivity index (χ1n) is 7.96. The van der Waals surface area contributed by atoms with E-state index in [2.05, 4.69) is 19.9 Å². The van der Waals surface area contributed by atoms with Crippen LogP contribution in [0.4, 0.5) is 11.5 Å². The van der Waals surface area contributed by atoms with Crippen LogP contribution in [-0.2, 0) is 6.54 Å². The summed E-state index contributed by atoms with van der Waals surface area (Å²) in [4.78, 5) is 27.8. The molecule has 0 bridgehead atoms. The van der Waals surface area contributed by atoms with Gasteiger partial charge in [0.1, 0.15) is 5.02 Å². The van der Waals surface area contributed by atoms with Crippen LogP contribution in [0.1, 0.15) is 10.4 Å². The number of hydrogen-bond donors (Lipinski definition) is 1. The van der Waals surface area contributed by atoms with Crippen LogP contribution in [0.3, 0.4) is 0 Å². The van der Waals surface area contributed by atoms with Gasteiger partial charge in [0.25, 0.3) is 5.69 Å². The van der Waals surface area contributed by atoms with Crippen molar-refractivity contribution in [2.24, 2.45) is 0 Å².